The second kappa shape index (κ2) is 5.60. The lowest BCUT2D eigenvalue weighted by Crippen LogP contribution is -2.17. The third kappa shape index (κ3) is 2.64. The number of nitrogens with one attached hydrogen (secondary N) is 1. The van der Waals surface area contributed by atoms with E-state index < -0.39 is 0 Å². The van der Waals surface area contributed by atoms with E-state index in [4.69, 9.17) is 5.73 Å². The number of aryl methyl sites for hydroxylation is 2. The van der Waals surface area contributed by atoms with Gasteiger partial charge in [0.2, 0.25) is 0 Å². The number of hydrogen-bond donors (Lipinski definition) is 2. The summed E-state index contributed by atoms with van der Waals surface area (Å²) in [6.45, 7) is 1.91. The molecule has 0 spiro atoms. The van der Waals surface area contributed by atoms with Crippen molar-refractivity contribution in [2.45, 2.75) is 32.6 Å². The maximum Gasteiger partial charge on any atom is 0.257 e. The van der Waals surface area contributed by atoms with E-state index in [9.17, 15) is 4.79 Å². The van der Waals surface area contributed by atoms with Crippen LogP contribution in [0.2, 0.25) is 0 Å². The molecule has 1 amide bonds. The summed E-state index contributed by atoms with van der Waals surface area (Å²) in [6, 6.07) is 11.7. The van der Waals surface area contributed by atoms with Crippen molar-refractivity contribution >= 4 is 17.3 Å². The third-order valence-electron chi connectivity index (χ3n) is 4.21. The lowest BCUT2D eigenvalue weighted by Gasteiger charge is -2.20. The van der Waals surface area contributed by atoms with Crippen LogP contribution in [0.25, 0.3) is 0 Å². The van der Waals surface area contributed by atoms with Gasteiger partial charge in [-0.05, 0) is 61.4 Å². The molecule has 1 aliphatic rings. The highest BCUT2D eigenvalue weighted by molar-refractivity contribution is 6.08. The Balaban J connectivity index is 1.90. The van der Waals surface area contributed by atoms with Crippen molar-refractivity contribution in [3.05, 3.63) is 58.7 Å². The van der Waals surface area contributed by atoms with Crippen LogP contribution in [-0.4, -0.2) is 5.91 Å². The summed E-state index contributed by atoms with van der Waals surface area (Å²) >= 11 is 0. The summed E-state index contributed by atoms with van der Waals surface area (Å²) in [5, 5.41) is 3.04. The predicted molar refractivity (Wildman–Crippen MR) is 86.6 cm³/mol. The Kier molecular flexibility index (Phi) is 3.65. The summed E-state index contributed by atoms with van der Waals surface area (Å²) in [4.78, 5) is 12.5. The molecule has 2 aromatic rings. The zero-order valence-electron chi connectivity index (χ0n) is 12.3. The van der Waals surface area contributed by atoms with Crippen LogP contribution in [-0.2, 0) is 12.8 Å². The van der Waals surface area contributed by atoms with Crippen molar-refractivity contribution in [2.24, 2.45) is 0 Å². The minimum atomic E-state index is -0.129. The van der Waals surface area contributed by atoms with Crippen molar-refractivity contribution in [1.29, 1.82) is 0 Å². The van der Waals surface area contributed by atoms with Crippen LogP contribution in [0.15, 0.2) is 36.4 Å². The van der Waals surface area contributed by atoms with E-state index in [1.54, 1.807) is 6.07 Å². The quantitative estimate of drug-likeness (QED) is 0.824. The molecular weight excluding hydrogens is 260 g/mol. The normalized spacial score (nSPS) is 13.6. The van der Waals surface area contributed by atoms with Gasteiger partial charge in [-0.2, -0.15) is 0 Å². The van der Waals surface area contributed by atoms with Crippen LogP contribution < -0.4 is 11.1 Å². The van der Waals surface area contributed by atoms with Gasteiger partial charge in [-0.3, -0.25) is 4.79 Å². The number of rotatable bonds is 2. The summed E-state index contributed by atoms with van der Waals surface area (Å²) in [5.74, 6) is -0.129. The van der Waals surface area contributed by atoms with Crippen molar-refractivity contribution < 1.29 is 4.79 Å². The molecule has 0 saturated heterocycles. The summed E-state index contributed by atoms with van der Waals surface area (Å²) < 4.78 is 0. The molecule has 0 aliphatic heterocycles. The number of fused-ring (bicyclic) bond motifs is 1. The molecule has 0 heterocycles. The third-order valence-corrected chi connectivity index (χ3v) is 4.21. The van der Waals surface area contributed by atoms with Crippen LogP contribution in [0, 0.1) is 6.92 Å². The molecule has 3 N–H and O–H groups in total. The molecule has 0 atom stereocenters. The molecule has 0 unspecified atom stereocenters. The Labute approximate surface area is 125 Å². The first-order chi connectivity index (χ1) is 10.2. The summed E-state index contributed by atoms with van der Waals surface area (Å²) in [5.41, 5.74) is 11.6. The Bertz CT molecular complexity index is 692. The number of amides is 1. The van der Waals surface area contributed by atoms with Crippen LogP contribution >= 0.6 is 0 Å². The molecule has 0 aromatic heterocycles. The maximum absolute atomic E-state index is 12.5. The average Bonchev–Trinajstić information content (AvgIpc) is 2.50. The van der Waals surface area contributed by atoms with Crippen molar-refractivity contribution in [2.75, 3.05) is 11.1 Å². The molecule has 108 valence electrons. The Morgan fingerprint density at radius 1 is 1.10 bits per heavy atom. The first-order valence-corrected chi connectivity index (χ1v) is 7.44. The van der Waals surface area contributed by atoms with E-state index in [2.05, 4.69) is 11.4 Å². The zero-order chi connectivity index (χ0) is 14.8. The van der Waals surface area contributed by atoms with Crippen molar-refractivity contribution in [3.8, 4) is 0 Å². The van der Waals surface area contributed by atoms with Gasteiger partial charge in [-0.25, -0.2) is 0 Å². The molecule has 0 radical (unpaired) electrons. The van der Waals surface area contributed by atoms with Gasteiger partial charge >= 0.3 is 0 Å². The lowest BCUT2D eigenvalue weighted by molar-refractivity contribution is 0.102. The van der Waals surface area contributed by atoms with Gasteiger partial charge in [0.1, 0.15) is 0 Å². The Morgan fingerprint density at radius 2 is 1.86 bits per heavy atom. The number of carbonyl (C=O) groups is 1. The van der Waals surface area contributed by atoms with E-state index in [1.807, 2.05) is 31.2 Å². The van der Waals surface area contributed by atoms with Gasteiger partial charge < -0.3 is 11.1 Å². The first-order valence-electron chi connectivity index (χ1n) is 7.44. The highest BCUT2D eigenvalue weighted by Crippen LogP contribution is 2.28. The Morgan fingerprint density at radius 3 is 2.71 bits per heavy atom. The molecule has 21 heavy (non-hydrogen) atoms. The number of benzene rings is 2. The molecule has 0 saturated carbocycles. The van der Waals surface area contributed by atoms with E-state index in [-0.39, 0.29) is 5.91 Å². The van der Waals surface area contributed by atoms with E-state index in [0.29, 0.717) is 11.3 Å². The van der Waals surface area contributed by atoms with Crippen molar-refractivity contribution in [3.63, 3.8) is 0 Å². The van der Waals surface area contributed by atoms with Crippen LogP contribution in [0.5, 0.6) is 0 Å². The maximum atomic E-state index is 12.5. The average molecular weight is 280 g/mol. The minimum absolute atomic E-state index is 0.129. The smallest absolute Gasteiger partial charge is 0.257 e. The number of carbonyl (C=O) groups excluding carboxylic acids is 1. The number of nitrogen functional groups attached to an aromatic ring is 1. The highest BCUT2D eigenvalue weighted by Gasteiger charge is 2.16. The zero-order valence-corrected chi connectivity index (χ0v) is 12.3. The lowest BCUT2D eigenvalue weighted by atomic mass is 9.90. The largest absolute Gasteiger partial charge is 0.398 e. The fourth-order valence-electron chi connectivity index (χ4n) is 2.97. The molecule has 3 nitrogen and oxygen atoms in total. The predicted octanol–water partition coefficient (Wildman–Crippen LogP) is 3.71. The van der Waals surface area contributed by atoms with Gasteiger partial charge in [0.25, 0.3) is 5.91 Å². The molecule has 1 aliphatic carbocycles. The van der Waals surface area contributed by atoms with Crippen LogP contribution in [0.3, 0.4) is 0 Å². The number of anilines is 2. The minimum Gasteiger partial charge on any atom is -0.398 e. The fourth-order valence-corrected chi connectivity index (χ4v) is 2.97. The molecule has 3 rings (SSSR count). The Hall–Kier alpha value is -2.29. The van der Waals surface area contributed by atoms with E-state index in [1.165, 1.54) is 24.0 Å². The number of nitrogens with two attached hydrogens (primary N) is 1. The van der Waals surface area contributed by atoms with Gasteiger partial charge in [0, 0.05) is 11.4 Å². The fraction of sp³-hybridized carbons (Fsp3) is 0.278. The summed E-state index contributed by atoms with van der Waals surface area (Å²) in [7, 11) is 0. The molecule has 0 fully saturated rings. The first kappa shape index (κ1) is 13.7. The number of hydrogen-bond acceptors (Lipinski definition) is 2. The second-order valence-corrected chi connectivity index (χ2v) is 5.64. The molecule has 3 heteroatoms. The van der Waals surface area contributed by atoms with E-state index >= 15 is 0 Å². The second-order valence-electron chi connectivity index (χ2n) is 5.64. The summed E-state index contributed by atoms with van der Waals surface area (Å²) in [6.07, 6.45) is 4.56. The van der Waals surface area contributed by atoms with Crippen molar-refractivity contribution in [1.82, 2.24) is 0 Å². The molecular formula is C18H20N2O. The monoisotopic (exact) mass is 280 g/mol. The van der Waals surface area contributed by atoms with Crippen LogP contribution in [0.1, 0.15) is 39.9 Å². The molecule has 0 bridgehead atoms. The number of para-hydroxylation sites is 1. The van der Waals surface area contributed by atoms with Gasteiger partial charge in [0.05, 0.1) is 5.56 Å². The van der Waals surface area contributed by atoms with Gasteiger partial charge in [0.15, 0.2) is 0 Å². The topological polar surface area (TPSA) is 55.1 Å². The van der Waals surface area contributed by atoms with Gasteiger partial charge in [-0.15, -0.1) is 0 Å². The standard InChI is InChI=1S/C18H20N2O/c1-12-6-4-10-15(17(12)19)18(21)20-16-11-5-8-13-7-2-3-9-14(13)16/h4-6,8,10-11H,2-3,7,9,19H2,1H3,(H,20,21). The highest BCUT2D eigenvalue weighted by atomic mass is 16.1. The SMILES string of the molecule is Cc1cccc(C(=O)Nc2cccc3c2CCCC3)c1N. The molecule has 2 aromatic carbocycles. The van der Waals surface area contributed by atoms with Gasteiger partial charge in [-0.1, -0.05) is 24.3 Å². The van der Waals surface area contributed by atoms with Crippen LogP contribution in [0.4, 0.5) is 11.4 Å². The van der Waals surface area contributed by atoms with E-state index in [0.717, 1.165) is 24.1 Å².